The van der Waals surface area contributed by atoms with E-state index in [2.05, 4.69) is 60.4 Å². The Morgan fingerprint density at radius 1 is 0.575 bits per heavy atom. The van der Waals surface area contributed by atoms with Gasteiger partial charge in [-0.1, -0.05) is 72.9 Å². The van der Waals surface area contributed by atoms with Crippen LogP contribution in [0.25, 0.3) is 89.2 Å². The van der Waals surface area contributed by atoms with Gasteiger partial charge in [-0.3, -0.25) is 4.98 Å². The van der Waals surface area contributed by atoms with Crippen molar-refractivity contribution in [2.75, 3.05) is 20.5 Å². The molecule has 8 aromatic heterocycles. The Hall–Kier alpha value is -7.87. The van der Waals surface area contributed by atoms with Gasteiger partial charge in [0.2, 0.25) is 11.4 Å². The molecule has 12 rings (SSSR count). The van der Waals surface area contributed by atoms with Crippen LogP contribution in [0.5, 0.6) is 0 Å². The van der Waals surface area contributed by atoms with Crippen molar-refractivity contribution in [3.63, 3.8) is 0 Å². The molecule has 0 saturated carbocycles. The minimum atomic E-state index is -3.92. The summed E-state index contributed by atoms with van der Waals surface area (Å²) in [6.45, 7) is -3.09. The van der Waals surface area contributed by atoms with Crippen LogP contribution < -0.4 is 0 Å². The summed E-state index contributed by atoms with van der Waals surface area (Å²) in [6, 6.07) is 48.8. The van der Waals surface area contributed by atoms with E-state index < -0.39 is 54.3 Å². The largest absolute Gasteiger partial charge is 0.748 e. The minimum absolute atomic E-state index is 0. The van der Waals surface area contributed by atoms with Gasteiger partial charge in [-0.25, -0.2) is 18.4 Å². The van der Waals surface area contributed by atoms with Gasteiger partial charge in [0.05, 0.1) is 32.4 Å². The summed E-state index contributed by atoms with van der Waals surface area (Å²) in [5.41, 5.74) is 5.42. The van der Waals surface area contributed by atoms with E-state index in [1.165, 1.54) is 12.1 Å². The monoisotopic (exact) mass is 1450 g/mol. The molecule has 0 aliphatic heterocycles. The van der Waals surface area contributed by atoms with Crippen molar-refractivity contribution >= 4 is 62.7 Å². The van der Waals surface area contributed by atoms with Crippen molar-refractivity contribution in [3.8, 4) is 57.4 Å². The summed E-state index contributed by atoms with van der Waals surface area (Å²) in [5, 5.41) is 16.5. The van der Waals surface area contributed by atoms with E-state index in [-0.39, 0.29) is 120 Å². The Morgan fingerprint density at radius 3 is 1.50 bits per heavy atom. The van der Waals surface area contributed by atoms with Crippen LogP contribution in [0.4, 0.5) is 0 Å². The van der Waals surface area contributed by atoms with Crippen LogP contribution in [0.15, 0.2) is 209 Å². The van der Waals surface area contributed by atoms with Crippen LogP contribution in [-0.2, 0) is 50.3 Å². The van der Waals surface area contributed by atoms with Gasteiger partial charge in [-0.2, -0.15) is 0 Å². The number of fused-ring (bicyclic) bond motifs is 6. The maximum atomic E-state index is 9.08. The van der Waals surface area contributed by atoms with Gasteiger partial charge >= 0.3 is 0 Å². The van der Waals surface area contributed by atoms with Crippen LogP contribution in [0, 0.1) is 44.2 Å². The number of aliphatic hydroxyl groups excluding tert-OH is 2. The van der Waals surface area contributed by atoms with Crippen molar-refractivity contribution < 1.29 is 91.4 Å². The molecule has 0 amide bonds. The zero-order valence-electron chi connectivity index (χ0n) is 56.3. The Morgan fingerprint density at radius 2 is 1.04 bits per heavy atom. The van der Waals surface area contributed by atoms with E-state index >= 15 is 0 Å². The fraction of sp³-hybridized carbons (Fsp3) is 0.111. The maximum Gasteiger partial charge on any atom is 0.227 e. The van der Waals surface area contributed by atoms with Crippen LogP contribution >= 0.6 is 0 Å². The van der Waals surface area contributed by atoms with E-state index in [0.717, 1.165) is 36.7 Å². The first-order valence-corrected chi connectivity index (χ1v) is 23.9. The second-order valence-corrected chi connectivity index (χ2v) is 15.9. The predicted octanol–water partition coefficient (Wildman–Crippen LogP) is 12.9. The summed E-state index contributed by atoms with van der Waals surface area (Å²) < 4.78 is 146. The van der Waals surface area contributed by atoms with E-state index in [0.29, 0.717) is 38.9 Å². The SMILES string of the molecule is C.C#CC.CO.CO.CS(=O)(=O)[O-].[2H]c1nc(-c2[c-]ccc3c2oc2nc(C([2H])([2H])[2H])ccc23)c([2H])c([2H])c1[2H].[2H]c1nc(-c2cccc3c2oc2nc(C([2H])([2H])[2H])ccc23)c([2H])c([2H])c1[2H].[B].[Ir].[Ir].[c-]1ccccc1-c1ccccn1.[c-]1ccccc1-c1ccccn1. The zero-order valence-corrected chi connectivity index (χ0v) is 47.9. The van der Waals surface area contributed by atoms with E-state index in [1.807, 2.05) is 84.9 Å². The average Bonchev–Trinajstić information content (AvgIpc) is 1.58. The molecule has 8 heterocycles. The number of hydrogen-bond acceptors (Lipinski definition) is 13. The Kier molecular flexibility index (Phi) is 22.8. The molecule has 4 aromatic carbocycles. The zero-order chi connectivity index (χ0) is 66.7. The first kappa shape index (κ1) is 49.2. The summed E-state index contributed by atoms with van der Waals surface area (Å²) >= 11 is 0. The summed E-state index contributed by atoms with van der Waals surface area (Å²) in [4.78, 5) is 24.5. The fourth-order valence-electron chi connectivity index (χ4n) is 6.52. The van der Waals surface area contributed by atoms with Gasteiger partial charge in [0, 0.05) is 135 Å². The van der Waals surface area contributed by atoms with Gasteiger partial charge in [-0.05, 0) is 98.3 Å². The third-order valence-electron chi connectivity index (χ3n) is 9.39. The number of rotatable bonds is 4. The molecule has 0 fully saturated rings. The van der Waals surface area contributed by atoms with Crippen molar-refractivity contribution in [2.45, 2.75) is 28.1 Å². The molecular weight excluding hydrogens is 1380 g/mol. The van der Waals surface area contributed by atoms with Crippen LogP contribution in [0.3, 0.4) is 0 Å². The number of para-hydroxylation sites is 1. The fourth-order valence-corrected chi connectivity index (χ4v) is 6.52. The minimum Gasteiger partial charge on any atom is -0.748 e. The Labute approximate surface area is 517 Å². The topological polar surface area (TPSA) is 201 Å². The number of hydrogen-bond donors (Lipinski definition) is 2. The van der Waals surface area contributed by atoms with Gasteiger partial charge < -0.3 is 38.6 Å². The number of aliphatic hydroxyl groups is 2. The molecule has 0 bridgehead atoms. The number of terminal acetylenes is 1. The molecule has 13 nitrogen and oxygen atoms in total. The Bertz CT molecular complexity index is 4180. The molecule has 12 aromatic rings. The number of benzene rings is 4. The molecule has 80 heavy (non-hydrogen) atoms. The third kappa shape index (κ3) is 21.1. The van der Waals surface area contributed by atoms with Crippen LogP contribution in [0.2, 0.25) is 0 Å². The van der Waals surface area contributed by atoms with Gasteiger partial charge in [-0.15, -0.1) is 102 Å². The van der Waals surface area contributed by atoms with Crippen molar-refractivity contribution in [2.24, 2.45) is 0 Å². The standard InChI is InChI=1S/C17H12N2O.C17H11N2O.2C11H8N.C3H4.CH4O3S.2CH4O.CH4.B.2Ir/c2*1-11-8-9-13-12-5-4-6-14(15-7-2-3-10-18-15)16(12)20-17(13)19-11;2*1-2-6-10(7-3-1)11-8-4-5-9-12-11;1-3-2;1-5(2,3)4;2*1-2;;;;/h2-10H,1H3;2-5,7-10H,1H3;2*1-6,8-9H;1H,2H3;1H3,(H,2,3,4);2*2H,1H3;1H4;;;/q;3*-1;;;;;;;;/p-1/i2*1D3,2D,3D,7D,10D;;;;;;;;;;. The number of nitrogens with zero attached hydrogens (tertiary/aromatic N) is 6. The van der Waals surface area contributed by atoms with E-state index in [9.17, 15) is 0 Å². The molecule has 17 heteroatoms. The molecule has 0 aliphatic carbocycles. The van der Waals surface area contributed by atoms with Gasteiger partial charge in [0.15, 0.2) is 0 Å². The first-order valence-electron chi connectivity index (χ1n) is 29.1. The maximum absolute atomic E-state index is 9.08. The Balaban J connectivity index is 0.000000612. The molecular formula is C63H58BIr2N6O7S-4. The predicted molar refractivity (Wildman–Crippen MR) is 314 cm³/mol. The molecule has 0 saturated heterocycles. The van der Waals surface area contributed by atoms with Crippen LogP contribution in [0.1, 0.15) is 44.9 Å². The average molecular weight is 1450 g/mol. The number of furan rings is 2. The number of aromatic nitrogens is 6. The molecule has 2 N–H and O–H groups in total. The van der Waals surface area contributed by atoms with Gasteiger partial charge in [0.25, 0.3) is 0 Å². The molecule has 0 aliphatic rings. The third-order valence-corrected chi connectivity index (χ3v) is 9.39. The summed E-state index contributed by atoms with van der Waals surface area (Å²) in [5.74, 6) is 2.25. The smallest absolute Gasteiger partial charge is 0.227 e. The van der Waals surface area contributed by atoms with Gasteiger partial charge in [0.1, 0.15) is 5.58 Å². The quantitative estimate of drug-likeness (QED) is 0.0730. The molecule has 0 atom stereocenters. The van der Waals surface area contributed by atoms with Crippen molar-refractivity contribution in [3.05, 3.63) is 230 Å². The molecule has 0 unspecified atom stereocenters. The van der Waals surface area contributed by atoms with E-state index in [4.69, 9.17) is 51.2 Å². The first-order chi connectivity index (χ1) is 42.7. The molecule has 5 radical (unpaired) electrons. The summed E-state index contributed by atoms with van der Waals surface area (Å²) in [6.07, 6.45) is 7.96. The van der Waals surface area contributed by atoms with E-state index in [1.54, 1.807) is 61.8 Å². The van der Waals surface area contributed by atoms with Crippen molar-refractivity contribution in [1.82, 2.24) is 29.9 Å². The summed E-state index contributed by atoms with van der Waals surface area (Å²) in [7, 11) is -1.92. The normalized spacial score (nSPS) is 12.3. The number of pyridine rings is 6. The number of aryl methyl sites for hydroxylation is 2. The second-order valence-electron chi connectivity index (χ2n) is 14.4. The second kappa shape index (κ2) is 37.1. The molecule has 0 spiro atoms. The molecule has 413 valence electrons. The van der Waals surface area contributed by atoms with Crippen molar-refractivity contribution in [1.29, 1.82) is 0 Å². The van der Waals surface area contributed by atoms with Crippen LogP contribution in [-0.4, -0.2) is 82.0 Å².